The molecule has 1 saturated heterocycles. The molecule has 4 rings (SSSR count). The van der Waals surface area contributed by atoms with Crippen LogP contribution < -0.4 is 4.74 Å². The Kier molecular flexibility index (Phi) is 4.97. The van der Waals surface area contributed by atoms with Gasteiger partial charge in [-0.3, -0.25) is 9.88 Å². The number of aliphatic hydroxyl groups excluding tert-OH is 1. The summed E-state index contributed by atoms with van der Waals surface area (Å²) in [6, 6.07) is 6.59. The van der Waals surface area contributed by atoms with E-state index in [-0.39, 0.29) is 17.6 Å². The van der Waals surface area contributed by atoms with E-state index in [9.17, 15) is 14.6 Å². The highest BCUT2D eigenvalue weighted by Crippen LogP contribution is 2.40. The van der Waals surface area contributed by atoms with Crippen LogP contribution in [-0.4, -0.2) is 50.8 Å². The molecule has 1 unspecified atom stereocenters. The molecule has 2 N–H and O–H groups in total. The van der Waals surface area contributed by atoms with Gasteiger partial charge in [0.2, 0.25) is 0 Å². The van der Waals surface area contributed by atoms with E-state index in [1.807, 2.05) is 0 Å². The van der Waals surface area contributed by atoms with Gasteiger partial charge in [-0.25, -0.2) is 4.98 Å². The number of aliphatic hydroxyl groups is 1. The normalized spacial score (nSPS) is 26.1. The van der Waals surface area contributed by atoms with E-state index in [1.54, 1.807) is 25.1 Å². The molecule has 1 aliphatic carbocycles. The maximum absolute atomic E-state index is 13.9. The lowest BCUT2D eigenvalue weighted by molar-refractivity contribution is 0.112. The molecule has 6 nitrogen and oxygen atoms in total. The molecule has 0 spiro atoms. The highest BCUT2D eigenvalue weighted by Gasteiger charge is 2.42. The van der Waals surface area contributed by atoms with Gasteiger partial charge in [-0.15, -0.1) is 0 Å². The first kappa shape index (κ1) is 18.1. The van der Waals surface area contributed by atoms with E-state index >= 15 is 0 Å². The number of fused-ring (bicyclic) bond motifs is 1. The molecular weight excluding hydrogens is 349 g/mol. The zero-order valence-electron chi connectivity index (χ0n) is 15.3. The smallest absolute Gasteiger partial charge is 0.255 e. The zero-order valence-corrected chi connectivity index (χ0v) is 15.3. The Labute approximate surface area is 157 Å². The molecule has 0 aromatic carbocycles. The standard InChI is InChI=1S/C20H24FN3O3/c1-12-2-5-19(20(21)23-12)27-16-6-13-9-24(10-14(13)7-16)11-18(26)17-4-3-15(25)8-22-17/h2-5,8,13-14,16,18,25-26H,6-7,9-11H2,1H3/t13-,14+,16-,18?. The predicted octanol–water partition coefficient (Wildman–Crippen LogP) is 2.45. The summed E-state index contributed by atoms with van der Waals surface area (Å²) in [7, 11) is 0. The van der Waals surface area contributed by atoms with Gasteiger partial charge in [0, 0.05) is 25.3 Å². The Morgan fingerprint density at radius 3 is 2.59 bits per heavy atom. The molecule has 7 heteroatoms. The van der Waals surface area contributed by atoms with Crippen molar-refractivity contribution in [3.63, 3.8) is 0 Å². The second-order valence-electron chi connectivity index (χ2n) is 7.65. The lowest BCUT2D eigenvalue weighted by Gasteiger charge is -2.22. The van der Waals surface area contributed by atoms with E-state index in [0.29, 0.717) is 29.8 Å². The average Bonchev–Trinajstić information content (AvgIpc) is 3.15. The van der Waals surface area contributed by atoms with Gasteiger partial charge >= 0.3 is 0 Å². The summed E-state index contributed by atoms with van der Waals surface area (Å²) in [5, 5.41) is 19.7. The zero-order chi connectivity index (χ0) is 19.0. The van der Waals surface area contributed by atoms with E-state index < -0.39 is 12.1 Å². The molecule has 0 amide bonds. The van der Waals surface area contributed by atoms with Crippen LogP contribution in [-0.2, 0) is 0 Å². The monoisotopic (exact) mass is 373 g/mol. The Hall–Kier alpha value is -2.25. The predicted molar refractivity (Wildman–Crippen MR) is 96.9 cm³/mol. The van der Waals surface area contributed by atoms with Crippen molar-refractivity contribution in [2.45, 2.75) is 32.0 Å². The minimum Gasteiger partial charge on any atom is -0.506 e. The number of aromatic nitrogens is 2. The second kappa shape index (κ2) is 7.40. The van der Waals surface area contributed by atoms with Gasteiger partial charge in [-0.05, 0) is 55.9 Å². The summed E-state index contributed by atoms with van der Waals surface area (Å²) in [6.45, 7) is 4.07. The Morgan fingerprint density at radius 1 is 1.22 bits per heavy atom. The van der Waals surface area contributed by atoms with E-state index in [4.69, 9.17) is 4.74 Å². The third kappa shape index (κ3) is 4.04. The number of nitrogens with zero attached hydrogens (tertiary/aromatic N) is 3. The number of pyridine rings is 2. The number of ether oxygens (including phenoxy) is 1. The fourth-order valence-electron chi connectivity index (χ4n) is 4.30. The van der Waals surface area contributed by atoms with Crippen molar-refractivity contribution in [1.82, 2.24) is 14.9 Å². The highest BCUT2D eigenvalue weighted by atomic mass is 19.1. The van der Waals surface area contributed by atoms with Crippen molar-refractivity contribution in [2.24, 2.45) is 11.8 Å². The number of aromatic hydroxyl groups is 1. The number of halogens is 1. The van der Waals surface area contributed by atoms with Gasteiger partial charge in [0.1, 0.15) is 11.9 Å². The number of hydrogen-bond donors (Lipinski definition) is 2. The Bertz CT molecular complexity index is 788. The lowest BCUT2D eigenvalue weighted by atomic mass is 10.0. The summed E-state index contributed by atoms with van der Waals surface area (Å²) in [5.74, 6) is 0.773. The van der Waals surface area contributed by atoms with Crippen molar-refractivity contribution in [3.05, 3.63) is 47.8 Å². The molecule has 0 radical (unpaired) electrons. The molecule has 1 saturated carbocycles. The maximum atomic E-state index is 13.9. The SMILES string of the molecule is Cc1ccc(O[C@@H]2C[C@@H]3CN(CC(O)c4ccc(O)cn4)C[C@@H]3C2)c(F)n1. The van der Waals surface area contributed by atoms with Gasteiger partial charge in [-0.1, -0.05) is 0 Å². The molecule has 2 aromatic rings. The van der Waals surface area contributed by atoms with Crippen molar-refractivity contribution in [3.8, 4) is 11.5 Å². The Morgan fingerprint density at radius 2 is 1.96 bits per heavy atom. The maximum Gasteiger partial charge on any atom is 0.255 e. The first-order valence-electron chi connectivity index (χ1n) is 9.33. The summed E-state index contributed by atoms with van der Waals surface area (Å²) >= 11 is 0. The molecule has 2 aromatic heterocycles. The number of rotatable bonds is 5. The van der Waals surface area contributed by atoms with Gasteiger partial charge in [0.25, 0.3) is 5.95 Å². The van der Waals surface area contributed by atoms with Crippen LogP contribution in [0.3, 0.4) is 0 Å². The molecule has 2 fully saturated rings. The lowest BCUT2D eigenvalue weighted by Crippen LogP contribution is -2.29. The molecule has 2 aliphatic rings. The van der Waals surface area contributed by atoms with Crippen LogP contribution >= 0.6 is 0 Å². The van der Waals surface area contributed by atoms with Crippen LogP contribution in [0.5, 0.6) is 11.5 Å². The van der Waals surface area contributed by atoms with E-state index in [1.165, 1.54) is 12.3 Å². The largest absolute Gasteiger partial charge is 0.506 e. The van der Waals surface area contributed by atoms with Crippen molar-refractivity contribution >= 4 is 0 Å². The van der Waals surface area contributed by atoms with Gasteiger partial charge in [0.15, 0.2) is 5.75 Å². The fourth-order valence-corrected chi connectivity index (χ4v) is 4.30. The van der Waals surface area contributed by atoms with Crippen LogP contribution in [0, 0.1) is 24.7 Å². The van der Waals surface area contributed by atoms with Crippen molar-refractivity contribution < 1.29 is 19.3 Å². The molecule has 27 heavy (non-hydrogen) atoms. The summed E-state index contributed by atoms with van der Waals surface area (Å²) in [6.07, 6.45) is 2.47. The van der Waals surface area contributed by atoms with Crippen LogP contribution in [0.15, 0.2) is 30.5 Å². The molecule has 0 bridgehead atoms. The van der Waals surface area contributed by atoms with E-state index in [2.05, 4.69) is 14.9 Å². The molecule has 144 valence electrons. The third-order valence-corrected chi connectivity index (χ3v) is 5.57. The number of aryl methyl sites for hydroxylation is 1. The Balaban J connectivity index is 1.29. The highest BCUT2D eigenvalue weighted by molar-refractivity contribution is 5.22. The average molecular weight is 373 g/mol. The summed E-state index contributed by atoms with van der Waals surface area (Å²) in [4.78, 5) is 10.1. The van der Waals surface area contributed by atoms with Gasteiger partial charge < -0.3 is 14.9 Å². The van der Waals surface area contributed by atoms with Gasteiger partial charge in [0.05, 0.1) is 18.0 Å². The van der Waals surface area contributed by atoms with Gasteiger partial charge in [-0.2, -0.15) is 4.39 Å². The quantitative estimate of drug-likeness (QED) is 0.784. The van der Waals surface area contributed by atoms with Crippen molar-refractivity contribution in [1.29, 1.82) is 0 Å². The second-order valence-corrected chi connectivity index (χ2v) is 7.65. The van der Waals surface area contributed by atoms with Crippen LogP contribution in [0.1, 0.15) is 30.3 Å². The first-order valence-corrected chi connectivity index (χ1v) is 9.33. The third-order valence-electron chi connectivity index (χ3n) is 5.57. The molecular formula is C20H24FN3O3. The topological polar surface area (TPSA) is 78.7 Å². The minimum atomic E-state index is -0.677. The number of hydrogen-bond acceptors (Lipinski definition) is 6. The van der Waals surface area contributed by atoms with Crippen LogP contribution in [0.4, 0.5) is 4.39 Å². The van der Waals surface area contributed by atoms with Crippen LogP contribution in [0.2, 0.25) is 0 Å². The minimum absolute atomic E-state index is 0.0184. The summed E-state index contributed by atoms with van der Waals surface area (Å²) < 4.78 is 19.7. The number of β-amino-alcohol motifs (C(OH)–C–C–N with tert-alkyl or cyclic N) is 1. The van der Waals surface area contributed by atoms with Crippen molar-refractivity contribution in [2.75, 3.05) is 19.6 Å². The molecule has 1 aliphatic heterocycles. The molecule has 4 atom stereocenters. The van der Waals surface area contributed by atoms with Crippen LogP contribution in [0.25, 0.3) is 0 Å². The summed E-state index contributed by atoms with van der Waals surface area (Å²) in [5.41, 5.74) is 1.20. The first-order chi connectivity index (χ1) is 13.0. The van der Waals surface area contributed by atoms with E-state index in [0.717, 1.165) is 25.9 Å². The number of likely N-dealkylation sites (tertiary alicyclic amines) is 1. The fraction of sp³-hybridized carbons (Fsp3) is 0.500. The molecule has 3 heterocycles.